The van der Waals surface area contributed by atoms with Crippen LogP contribution in [0.15, 0.2) is 42.6 Å². The van der Waals surface area contributed by atoms with Gasteiger partial charge in [0.2, 0.25) is 5.91 Å². The summed E-state index contributed by atoms with van der Waals surface area (Å²) >= 11 is 0. The minimum Gasteiger partial charge on any atom is -0.428 e. The number of carbonyl (C=O) groups excluding carboxylic acids is 2. The zero-order valence-corrected chi connectivity index (χ0v) is 15.9. The first kappa shape index (κ1) is 21.5. The zero-order chi connectivity index (χ0) is 21.9. The predicted octanol–water partition coefficient (Wildman–Crippen LogP) is 4.16. The van der Waals surface area contributed by atoms with Gasteiger partial charge in [0.25, 0.3) is 5.91 Å². The van der Waals surface area contributed by atoms with Gasteiger partial charge in [0.1, 0.15) is 11.6 Å². The lowest BCUT2D eigenvalue weighted by Gasteiger charge is -2.18. The maximum atomic E-state index is 12.9. The summed E-state index contributed by atoms with van der Waals surface area (Å²) < 4.78 is 54.3. The first-order valence-corrected chi connectivity index (χ1v) is 9.18. The van der Waals surface area contributed by atoms with E-state index < -0.39 is 30.2 Å². The van der Waals surface area contributed by atoms with Crippen LogP contribution < -0.4 is 15.4 Å². The number of pyridine rings is 1. The summed E-state index contributed by atoms with van der Waals surface area (Å²) in [5, 5.41) is 5.38. The number of ether oxygens (including phenoxy) is 1. The summed E-state index contributed by atoms with van der Waals surface area (Å²) in [5.41, 5.74) is 0.826. The van der Waals surface area contributed by atoms with Gasteiger partial charge in [-0.15, -0.1) is 0 Å². The fraction of sp³-hybridized carbons (Fsp3) is 0.350. The maximum absolute atomic E-state index is 12.9. The number of halogens is 4. The van der Waals surface area contributed by atoms with E-state index in [1.807, 2.05) is 0 Å². The van der Waals surface area contributed by atoms with Crippen molar-refractivity contribution in [3.8, 4) is 5.75 Å². The van der Waals surface area contributed by atoms with E-state index in [9.17, 15) is 27.2 Å². The molecule has 0 bridgehead atoms. The SMILES string of the molecule is CC(NC(=O)c1ccnc(NC(=O)C2CC2)c1)c1ccc(OC(F)(F)C(F)F)cc1. The lowest BCUT2D eigenvalue weighted by molar-refractivity contribution is -0.253. The molecule has 1 aliphatic carbocycles. The van der Waals surface area contributed by atoms with Crippen molar-refractivity contribution in [3.63, 3.8) is 0 Å². The van der Waals surface area contributed by atoms with E-state index in [4.69, 9.17) is 0 Å². The second kappa shape index (κ2) is 8.68. The number of alkyl halides is 4. The Morgan fingerprint density at radius 3 is 2.43 bits per heavy atom. The average molecular weight is 425 g/mol. The Balaban J connectivity index is 1.60. The number of hydrogen-bond donors (Lipinski definition) is 2. The number of amides is 2. The van der Waals surface area contributed by atoms with Gasteiger partial charge < -0.3 is 15.4 Å². The smallest absolute Gasteiger partial charge is 0.428 e. The largest absolute Gasteiger partial charge is 0.461 e. The van der Waals surface area contributed by atoms with Crippen molar-refractivity contribution in [2.45, 2.75) is 38.3 Å². The first-order chi connectivity index (χ1) is 14.2. The van der Waals surface area contributed by atoms with Crippen LogP contribution in [0.2, 0.25) is 0 Å². The molecule has 0 saturated heterocycles. The van der Waals surface area contributed by atoms with E-state index in [1.54, 1.807) is 6.92 Å². The summed E-state index contributed by atoms with van der Waals surface area (Å²) in [6.07, 6.45) is -5.46. The molecule has 2 aromatic rings. The van der Waals surface area contributed by atoms with Gasteiger partial charge in [-0.05, 0) is 49.6 Å². The molecule has 10 heteroatoms. The van der Waals surface area contributed by atoms with Crippen LogP contribution >= 0.6 is 0 Å². The van der Waals surface area contributed by atoms with Crippen molar-refractivity contribution in [3.05, 3.63) is 53.7 Å². The van der Waals surface area contributed by atoms with Crippen molar-refractivity contribution < 1.29 is 31.9 Å². The van der Waals surface area contributed by atoms with Crippen LogP contribution in [-0.4, -0.2) is 29.3 Å². The second-order valence-corrected chi connectivity index (χ2v) is 6.92. The minimum absolute atomic E-state index is 0.00287. The third kappa shape index (κ3) is 5.46. The molecule has 2 amide bonds. The fourth-order valence-corrected chi connectivity index (χ4v) is 2.60. The standard InChI is InChI=1S/C20H19F4N3O3/c1-11(12-4-6-15(7-5-12)30-20(23,24)19(21)22)26-18(29)14-8-9-25-16(10-14)27-17(28)13-2-3-13/h4-11,13,19H,2-3H2,1H3,(H,26,29)(H,25,27,28). The number of hydrogen-bond acceptors (Lipinski definition) is 4. The van der Waals surface area contributed by atoms with Gasteiger partial charge in [-0.1, -0.05) is 12.1 Å². The Morgan fingerprint density at radius 2 is 1.83 bits per heavy atom. The summed E-state index contributed by atoms with van der Waals surface area (Å²) in [5.74, 6) is -0.720. The molecule has 6 nitrogen and oxygen atoms in total. The van der Waals surface area contributed by atoms with Crippen molar-refractivity contribution in [1.29, 1.82) is 0 Å². The predicted molar refractivity (Wildman–Crippen MR) is 99.5 cm³/mol. The Kier molecular flexibility index (Phi) is 6.23. The van der Waals surface area contributed by atoms with Gasteiger partial charge in [0, 0.05) is 17.7 Å². The van der Waals surface area contributed by atoms with Crippen molar-refractivity contribution >= 4 is 17.6 Å². The molecule has 1 aromatic carbocycles. The third-order valence-electron chi connectivity index (χ3n) is 4.46. The molecule has 0 spiro atoms. The molecule has 1 heterocycles. The number of nitrogens with zero attached hydrogens (tertiary/aromatic N) is 1. The molecular weight excluding hydrogens is 406 g/mol. The minimum atomic E-state index is -4.59. The van der Waals surface area contributed by atoms with E-state index in [0.29, 0.717) is 5.56 Å². The van der Waals surface area contributed by atoms with Crippen LogP contribution in [0, 0.1) is 5.92 Å². The molecule has 1 fully saturated rings. The maximum Gasteiger partial charge on any atom is 0.461 e. The van der Waals surface area contributed by atoms with Crippen LogP contribution in [-0.2, 0) is 4.79 Å². The second-order valence-electron chi connectivity index (χ2n) is 6.92. The Hall–Kier alpha value is -3.17. The van der Waals surface area contributed by atoms with E-state index in [1.165, 1.54) is 30.5 Å². The monoisotopic (exact) mass is 425 g/mol. The highest BCUT2D eigenvalue weighted by atomic mass is 19.3. The highest BCUT2D eigenvalue weighted by Gasteiger charge is 2.43. The van der Waals surface area contributed by atoms with Gasteiger partial charge in [-0.25, -0.2) is 4.98 Å². The van der Waals surface area contributed by atoms with E-state index >= 15 is 0 Å². The number of benzene rings is 1. The molecule has 0 radical (unpaired) electrons. The molecule has 1 atom stereocenters. The number of aromatic nitrogens is 1. The highest BCUT2D eigenvalue weighted by Crippen LogP contribution is 2.30. The molecule has 160 valence electrons. The molecule has 1 aliphatic rings. The zero-order valence-electron chi connectivity index (χ0n) is 15.9. The molecule has 3 rings (SSSR count). The third-order valence-corrected chi connectivity index (χ3v) is 4.46. The average Bonchev–Trinajstić information content (AvgIpc) is 3.53. The Labute approximate surface area is 169 Å². The number of carbonyl (C=O) groups is 2. The molecular formula is C20H19F4N3O3. The summed E-state index contributed by atoms with van der Waals surface area (Å²) in [6.45, 7) is 1.67. The topological polar surface area (TPSA) is 80.3 Å². The number of nitrogens with one attached hydrogen (secondary N) is 2. The van der Waals surface area contributed by atoms with Gasteiger partial charge in [-0.3, -0.25) is 9.59 Å². The molecule has 2 N–H and O–H groups in total. The van der Waals surface area contributed by atoms with E-state index in [-0.39, 0.29) is 23.2 Å². The van der Waals surface area contributed by atoms with Gasteiger partial charge in [0.05, 0.1) is 6.04 Å². The van der Waals surface area contributed by atoms with Crippen LogP contribution in [0.5, 0.6) is 5.75 Å². The van der Waals surface area contributed by atoms with Crippen LogP contribution in [0.25, 0.3) is 0 Å². The van der Waals surface area contributed by atoms with Crippen molar-refractivity contribution in [1.82, 2.24) is 10.3 Å². The summed E-state index contributed by atoms with van der Waals surface area (Å²) in [7, 11) is 0. The molecule has 30 heavy (non-hydrogen) atoms. The number of rotatable bonds is 8. The van der Waals surface area contributed by atoms with Gasteiger partial charge in [0.15, 0.2) is 0 Å². The van der Waals surface area contributed by atoms with Crippen molar-refractivity contribution in [2.24, 2.45) is 5.92 Å². The van der Waals surface area contributed by atoms with Crippen LogP contribution in [0.3, 0.4) is 0 Å². The summed E-state index contributed by atoms with van der Waals surface area (Å²) in [4.78, 5) is 28.3. The first-order valence-electron chi connectivity index (χ1n) is 9.18. The van der Waals surface area contributed by atoms with Crippen LogP contribution in [0.4, 0.5) is 23.4 Å². The highest BCUT2D eigenvalue weighted by molar-refractivity contribution is 5.97. The molecule has 0 aliphatic heterocycles. The quantitative estimate of drug-likeness (QED) is 0.623. The van der Waals surface area contributed by atoms with Gasteiger partial charge >= 0.3 is 12.5 Å². The number of anilines is 1. The van der Waals surface area contributed by atoms with Crippen LogP contribution in [0.1, 0.15) is 41.7 Å². The van der Waals surface area contributed by atoms with E-state index in [2.05, 4.69) is 20.4 Å². The molecule has 1 aromatic heterocycles. The molecule has 1 unspecified atom stereocenters. The van der Waals surface area contributed by atoms with Crippen molar-refractivity contribution in [2.75, 3.05) is 5.32 Å². The summed E-state index contributed by atoms with van der Waals surface area (Å²) in [6, 6.07) is 7.42. The fourth-order valence-electron chi connectivity index (χ4n) is 2.60. The Bertz CT molecular complexity index is 918. The normalized spacial score (nSPS) is 14.9. The lowest BCUT2D eigenvalue weighted by Crippen LogP contribution is -2.33. The lowest BCUT2D eigenvalue weighted by atomic mass is 10.1. The Morgan fingerprint density at radius 1 is 1.17 bits per heavy atom. The molecule has 1 saturated carbocycles. The van der Waals surface area contributed by atoms with E-state index in [0.717, 1.165) is 25.0 Å². The van der Waals surface area contributed by atoms with Gasteiger partial charge in [-0.2, -0.15) is 17.6 Å².